The predicted octanol–water partition coefficient (Wildman–Crippen LogP) is 2.58. The van der Waals surface area contributed by atoms with Gasteiger partial charge in [-0.15, -0.1) is 0 Å². The highest BCUT2D eigenvalue weighted by Crippen LogP contribution is 2.08. The molecule has 0 spiro atoms. The fourth-order valence-corrected chi connectivity index (χ4v) is 3.67. The van der Waals surface area contributed by atoms with Gasteiger partial charge in [0.15, 0.2) is 5.11 Å². The number of hydrogen-bond acceptors (Lipinski definition) is 3. The van der Waals surface area contributed by atoms with Crippen LogP contribution >= 0.6 is 12.2 Å². The minimum atomic E-state index is 0.887. The molecule has 1 N–H and O–H groups in total. The van der Waals surface area contributed by atoms with Crippen LogP contribution in [0.1, 0.15) is 23.4 Å². The van der Waals surface area contributed by atoms with Crippen molar-refractivity contribution in [2.45, 2.75) is 33.4 Å². The summed E-state index contributed by atoms with van der Waals surface area (Å²) >= 11 is 5.58. The monoisotopic (exact) mass is 371 g/mol. The molecule has 1 fully saturated rings. The van der Waals surface area contributed by atoms with Crippen molar-refractivity contribution in [2.75, 3.05) is 32.7 Å². The van der Waals surface area contributed by atoms with Crippen molar-refractivity contribution in [3.05, 3.63) is 53.3 Å². The van der Waals surface area contributed by atoms with E-state index in [2.05, 4.69) is 68.2 Å². The lowest BCUT2D eigenvalue weighted by Crippen LogP contribution is -2.51. The number of aryl methyl sites for hydroxylation is 3. The van der Waals surface area contributed by atoms with Crippen LogP contribution in [0.2, 0.25) is 0 Å². The number of nitrogens with zero attached hydrogens (tertiary/aromatic N) is 4. The molecule has 2 heterocycles. The van der Waals surface area contributed by atoms with E-state index < -0.39 is 0 Å². The van der Waals surface area contributed by atoms with E-state index in [1.807, 2.05) is 6.92 Å². The average molecular weight is 372 g/mol. The van der Waals surface area contributed by atoms with Crippen molar-refractivity contribution >= 4 is 17.3 Å². The van der Waals surface area contributed by atoms with Crippen LogP contribution in [-0.4, -0.2) is 57.4 Å². The summed E-state index contributed by atoms with van der Waals surface area (Å²) in [7, 11) is 0. The molecular formula is C20H29N5S. The van der Waals surface area contributed by atoms with E-state index in [0.29, 0.717) is 0 Å². The predicted molar refractivity (Wildman–Crippen MR) is 110 cm³/mol. The second-order valence-electron chi connectivity index (χ2n) is 6.98. The van der Waals surface area contributed by atoms with Crippen molar-refractivity contribution in [3.8, 4) is 0 Å². The quantitative estimate of drug-likeness (QED) is 0.624. The van der Waals surface area contributed by atoms with Crippen LogP contribution in [0.15, 0.2) is 36.4 Å². The molecular weight excluding hydrogens is 342 g/mol. The lowest BCUT2D eigenvalue weighted by atomic mass is 10.2. The zero-order chi connectivity index (χ0) is 18.4. The maximum atomic E-state index is 5.58. The zero-order valence-electron chi connectivity index (χ0n) is 15.8. The maximum Gasteiger partial charge on any atom is 0.169 e. The van der Waals surface area contributed by atoms with Crippen LogP contribution in [0.5, 0.6) is 0 Å². The number of aromatic nitrogens is 2. The van der Waals surface area contributed by atoms with Crippen molar-refractivity contribution < 1.29 is 0 Å². The third-order valence-corrected chi connectivity index (χ3v) is 5.24. The summed E-state index contributed by atoms with van der Waals surface area (Å²) in [6, 6.07) is 12.8. The molecule has 26 heavy (non-hydrogen) atoms. The molecule has 140 valence electrons. The number of rotatable bonds is 6. The Labute approximate surface area is 162 Å². The van der Waals surface area contributed by atoms with Crippen molar-refractivity contribution in [2.24, 2.45) is 0 Å². The molecule has 0 aliphatic carbocycles. The molecule has 0 radical (unpaired) electrons. The Hall–Kier alpha value is -1.92. The van der Waals surface area contributed by atoms with Crippen LogP contribution in [0, 0.1) is 13.8 Å². The first-order valence-corrected chi connectivity index (χ1v) is 9.83. The highest BCUT2D eigenvalue weighted by atomic mass is 32.1. The minimum absolute atomic E-state index is 0.887. The normalized spacial score (nSPS) is 15.2. The highest BCUT2D eigenvalue weighted by molar-refractivity contribution is 7.80. The van der Waals surface area contributed by atoms with Crippen LogP contribution in [-0.2, 0) is 13.1 Å². The van der Waals surface area contributed by atoms with Gasteiger partial charge in [0.25, 0.3) is 0 Å². The number of benzene rings is 1. The Bertz CT molecular complexity index is 704. The molecule has 0 unspecified atom stereocenters. The van der Waals surface area contributed by atoms with Crippen LogP contribution in [0.4, 0.5) is 0 Å². The van der Waals surface area contributed by atoms with Crippen LogP contribution in [0.3, 0.4) is 0 Å². The van der Waals surface area contributed by atoms with Gasteiger partial charge >= 0.3 is 0 Å². The first kappa shape index (κ1) is 18.9. The molecule has 1 aromatic carbocycles. The second kappa shape index (κ2) is 9.14. The van der Waals surface area contributed by atoms with E-state index in [1.54, 1.807) is 0 Å². The summed E-state index contributed by atoms with van der Waals surface area (Å²) in [5.74, 6) is 0. The topological polar surface area (TPSA) is 36.3 Å². The molecule has 6 heteroatoms. The van der Waals surface area contributed by atoms with Gasteiger partial charge in [0.2, 0.25) is 0 Å². The van der Waals surface area contributed by atoms with Gasteiger partial charge < -0.3 is 10.2 Å². The Morgan fingerprint density at radius 1 is 1.12 bits per heavy atom. The SMILES string of the molecule is Cc1cc(C)n(CCCNC(=S)N2CCN(Cc3ccccc3)CC2)n1. The third kappa shape index (κ3) is 5.29. The smallest absolute Gasteiger partial charge is 0.169 e. The van der Waals surface area contributed by atoms with Gasteiger partial charge in [0.05, 0.1) is 5.69 Å². The van der Waals surface area contributed by atoms with Crippen molar-refractivity contribution in [1.82, 2.24) is 24.9 Å². The van der Waals surface area contributed by atoms with Gasteiger partial charge in [-0.3, -0.25) is 9.58 Å². The molecule has 1 aliphatic heterocycles. The molecule has 1 aliphatic rings. The Balaban J connectivity index is 1.34. The Kier molecular flexibility index (Phi) is 6.63. The molecule has 1 saturated heterocycles. The van der Waals surface area contributed by atoms with Gasteiger partial charge in [-0.1, -0.05) is 30.3 Å². The second-order valence-corrected chi connectivity index (χ2v) is 7.37. The van der Waals surface area contributed by atoms with Crippen molar-refractivity contribution in [1.29, 1.82) is 0 Å². The molecule has 0 atom stereocenters. The maximum absolute atomic E-state index is 5.58. The fraction of sp³-hybridized carbons (Fsp3) is 0.500. The van der Waals surface area contributed by atoms with E-state index in [-0.39, 0.29) is 0 Å². The van der Waals surface area contributed by atoms with E-state index >= 15 is 0 Å². The van der Waals surface area contributed by atoms with Gasteiger partial charge in [-0.2, -0.15) is 5.10 Å². The molecule has 3 rings (SSSR count). The summed E-state index contributed by atoms with van der Waals surface area (Å²) in [5.41, 5.74) is 3.68. The van der Waals surface area contributed by atoms with E-state index in [4.69, 9.17) is 12.2 Å². The Morgan fingerprint density at radius 3 is 2.50 bits per heavy atom. The van der Waals surface area contributed by atoms with Crippen molar-refractivity contribution in [3.63, 3.8) is 0 Å². The minimum Gasteiger partial charge on any atom is -0.362 e. The van der Waals surface area contributed by atoms with E-state index in [1.165, 1.54) is 11.3 Å². The summed E-state index contributed by atoms with van der Waals surface area (Å²) < 4.78 is 2.07. The largest absolute Gasteiger partial charge is 0.362 e. The molecule has 5 nitrogen and oxygen atoms in total. The molecule has 1 aromatic heterocycles. The van der Waals surface area contributed by atoms with Gasteiger partial charge in [0, 0.05) is 51.5 Å². The fourth-order valence-electron chi connectivity index (χ4n) is 3.39. The Morgan fingerprint density at radius 2 is 1.85 bits per heavy atom. The summed E-state index contributed by atoms with van der Waals surface area (Å²) in [6.07, 6.45) is 1.02. The number of hydrogen-bond donors (Lipinski definition) is 1. The van der Waals surface area contributed by atoms with Crippen LogP contribution < -0.4 is 5.32 Å². The van der Waals surface area contributed by atoms with E-state index in [0.717, 1.165) is 63.0 Å². The summed E-state index contributed by atoms with van der Waals surface area (Å²) in [6.45, 7) is 11.1. The first-order valence-electron chi connectivity index (χ1n) is 9.42. The highest BCUT2D eigenvalue weighted by Gasteiger charge is 2.18. The lowest BCUT2D eigenvalue weighted by Gasteiger charge is -2.36. The van der Waals surface area contributed by atoms with E-state index in [9.17, 15) is 0 Å². The van der Waals surface area contributed by atoms with Crippen LogP contribution in [0.25, 0.3) is 0 Å². The lowest BCUT2D eigenvalue weighted by molar-refractivity contribution is 0.174. The van der Waals surface area contributed by atoms with Gasteiger partial charge in [-0.25, -0.2) is 0 Å². The number of piperazine rings is 1. The summed E-state index contributed by atoms with van der Waals surface area (Å²) in [4.78, 5) is 4.79. The standard InChI is InChI=1S/C20H29N5S/c1-17-15-18(2)25(22-17)10-6-9-21-20(26)24-13-11-23(12-14-24)16-19-7-4-3-5-8-19/h3-5,7-8,15H,6,9-14,16H2,1-2H3,(H,21,26). The molecule has 0 saturated carbocycles. The summed E-state index contributed by atoms with van der Waals surface area (Å²) in [5, 5.41) is 8.80. The van der Waals surface area contributed by atoms with Gasteiger partial charge in [-0.05, 0) is 44.1 Å². The zero-order valence-corrected chi connectivity index (χ0v) is 16.6. The molecule has 0 bridgehead atoms. The molecule has 2 aromatic rings. The molecule has 0 amide bonds. The van der Waals surface area contributed by atoms with Gasteiger partial charge in [0.1, 0.15) is 0 Å². The number of nitrogens with one attached hydrogen (secondary N) is 1. The first-order chi connectivity index (χ1) is 12.6. The third-order valence-electron chi connectivity index (χ3n) is 4.83. The number of thiocarbonyl (C=S) groups is 1. The average Bonchev–Trinajstić information content (AvgIpc) is 2.97.